The van der Waals surface area contributed by atoms with Gasteiger partial charge in [0.2, 0.25) is 10.0 Å². The van der Waals surface area contributed by atoms with Gasteiger partial charge in [-0.2, -0.15) is 0 Å². The van der Waals surface area contributed by atoms with Crippen LogP contribution in [0.15, 0.2) is 17.8 Å². The molecule has 1 rings (SSSR count). The minimum absolute atomic E-state index is 0.0954. The van der Waals surface area contributed by atoms with E-state index in [1.165, 1.54) is 11.3 Å². The molecule has 0 amide bonds. The molecular formula is C10H15ClN2O2S2. The lowest BCUT2D eigenvalue weighted by Gasteiger charge is -2.11. The zero-order valence-corrected chi connectivity index (χ0v) is 12.1. The fourth-order valence-electron chi connectivity index (χ4n) is 1.25. The van der Waals surface area contributed by atoms with E-state index in [0.29, 0.717) is 0 Å². The van der Waals surface area contributed by atoms with Crippen LogP contribution in [0.5, 0.6) is 0 Å². The smallest absolute Gasteiger partial charge is 0.217 e. The van der Waals surface area contributed by atoms with Crippen molar-refractivity contribution >= 4 is 33.0 Å². The zero-order valence-electron chi connectivity index (χ0n) is 9.73. The highest BCUT2D eigenvalue weighted by Gasteiger charge is 2.18. The highest BCUT2D eigenvalue weighted by atomic mass is 35.5. The molecule has 0 aliphatic rings. The lowest BCUT2D eigenvalue weighted by atomic mass is 10.4. The van der Waals surface area contributed by atoms with Gasteiger partial charge < -0.3 is 0 Å². The van der Waals surface area contributed by atoms with Gasteiger partial charge in [-0.05, 0) is 13.3 Å². The first-order valence-corrected chi connectivity index (χ1v) is 7.96. The molecular weight excluding hydrogens is 280 g/mol. The van der Waals surface area contributed by atoms with Crippen molar-refractivity contribution in [2.75, 3.05) is 5.75 Å². The van der Waals surface area contributed by atoms with Crippen molar-refractivity contribution < 1.29 is 8.42 Å². The van der Waals surface area contributed by atoms with Crippen molar-refractivity contribution in [2.24, 2.45) is 0 Å². The molecule has 0 radical (unpaired) electrons. The van der Waals surface area contributed by atoms with E-state index in [2.05, 4.69) is 16.3 Å². The Morgan fingerprint density at radius 3 is 2.82 bits per heavy atom. The molecule has 7 heteroatoms. The first kappa shape index (κ1) is 14.6. The lowest BCUT2D eigenvalue weighted by Crippen LogP contribution is -2.29. The van der Waals surface area contributed by atoms with Gasteiger partial charge in [0.25, 0.3) is 0 Å². The predicted octanol–water partition coefficient (Wildman–Crippen LogP) is 2.44. The molecule has 0 saturated heterocycles. The van der Waals surface area contributed by atoms with Gasteiger partial charge in [0, 0.05) is 16.1 Å². The van der Waals surface area contributed by atoms with E-state index in [0.717, 1.165) is 16.3 Å². The third kappa shape index (κ3) is 4.75. The Bertz CT molecular complexity index is 496. The number of aryl methyl sites for hydroxylation is 1. The minimum atomic E-state index is -3.44. The van der Waals surface area contributed by atoms with Crippen LogP contribution in [0, 0.1) is 0 Å². The number of nitrogens with zero attached hydrogens (tertiary/aromatic N) is 1. The maximum atomic E-state index is 11.6. The summed E-state index contributed by atoms with van der Waals surface area (Å²) in [6.45, 7) is 7.16. The molecule has 96 valence electrons. The average Bonchev–Trinajstić information content (AvgIpc) is 2.62. The standard InChI is InChI=1S/C10H15ClN2O2S2/c1-4-9-5-12-10(16-9)8(3)13-17(14,15)6-7(2)11/h5,8,13H,2,4,6H2,1,3H3. The third-order valence-electron chi connectivity index (χ3n) is 1.99. The highest BCUT2D eigenvalue weighted by molar-refractivity contribution is 7.89. The number of halogens is 1. The fourth-order valence-corrected chi connectivity index (χ4v) is 3.76. The first-order chi connectivity index (χ1) is 7.84. The number of nitrogens with one attached hydrogen (secondary N) is 1. The summed E-state index contributed by atoms with van der Waals surface area (Å²) < 4.78 is 25.8. The maximum absolute atomic E-state index is 11.6. The quantitative estimate of drug-likeness (QED) is 0.876. The molecule has 4 nitrogen and oxygen atoms in total. The summed E-state index contributed by atoms with van der Waals surface area (Å²) in [5, 5.41) is 0.851. The van der Waals surface area contributed by atoms with E-state index in [4.69, 9.17) is 11.6 Å². The largest absolute Gasteiger partial charge is 0.248 e. The molecule has 0 bridgehead atoms. The molecule has 1 atom stereocenters. The Balaban J connectivity index is 2.72. The molecule has 0 spiro atoms. The van der Waals surface area contributed by atoms with Crippen molar-refractivity contribution in [2.45, 2.75) is 26.3 Å². The van der Waals surface area contributed by atoms with E-state index in [9.17, 15) is 8.42 Å². The SMILES string of the molecule is C=C(Cl)CS(=O)(=O)NC(C)c1ncc(CC)s1. The number of sulfonamides is 1. The monoisotopic (exact) mass is 294 g/mol. The van der Waals surface area contributed by atoms with Gasteiger partial charge in [-0.3, -0.25) is 0 Å². The van der Waals surface area contributed by atoms with Crippen LogP contribution >= 0.6 is 22.9 Å². The maximum Gasteiger partial charge on any atom is 0.217 e. The second-order valence-corrected chi connectivity index (χ2v) is 7.07. The Labute approximate surface area is 111 Å². The number of aromatic nitrogens is 1. The van der Waals surface area contributed by atoms with E-state index in [-0.39, 0.29) is 16.8 Å². The summed E-state index contributed by atoms with van der Waals surface area (Å²) in [6.07, 6.45) is 2.67. The van der Waals surface area contributed by atoms with Gasteiger partial charge in [-0.1, -0.05) is 25.1 Å². The van der Waals surface area contributed by atoms with E-state index in [1.807, 2.05) is 6.92 Å². The van der Waals surface area contributed by atoms with E-state index in [1.54, 1.807) is 13.1 Å². The van der Waals surface area contributed by atoms with Crippen LogP contribution in [0.4, 0.5) is 0 Å². The van der Waals surface area contributed by atoms with Crippen molar-refractivity contribution in [1.29, 1.82) is 0 Å². The van der Waals surface area contributed by atoms with Crippen molar-refractivity contribution in [3.63, 3.8) is 0 Å². The van der Waals surface area contributed by atoms with Gasteiger partial charge in [-0.15, -0.1) is 11.3 Å². The summed E-state index contributed by atoms with van der Waals surface area (Å²) >= 11 is 7.00. The molecule has 1 aromatic heterocycles. The van der Waals surface area contributed by atoms with Gasteiger partial charge in [-0.25, -0.2) is 18.1 Å². The molecule has 0 fully saturated rings. The molecule has 1 N–H and O–H groups in total. The minimum Gasteiger partial charge on any atom is -0.248 e. The van der Waals surface area contributed by atoms with Crippen LogP contribution in [0.1, 0.15) is 29.8 Å². The van der Waals surface area contributed by atoms with E-state index >= 15 is 0 Å². The molecule has 0 aromatic carbocycles. The van der Waals surface area contributed by atoms with Crippen molar-refractivity contribution in [1.82, 2.24) is 9.71 Å². The van der Waals surface area contributed by atoms with E-state index < -0.39 is 10.0 Å². The van der Waals surface area contributed by atoms with Crippen LogP contribution < -0.4 is 4.72 Å². The van der Waals surface area contributed by atoms with Gasteiger partial charge in [0.1, 0.15) is 5.01 Å². The molecule has 0 saturated carbocycles. The van der Waals surface area contributed by atoms with Gasteiger partial charge >= 0.3 is 0 Å². The van der Waals surface area contributed by atoms with Crippen LogP contribution in [-0.2, 0) is 16.4 Å². The first-order valence-electron chi connectivity index (χ1n) is 5.12. The predicted molar refractivity (Wildman–Crippen MR) is 71.8 cm³/mol. The number of hydrogen-bond acceptors (Lipinski definition) is 4. The summed E-state index contributed by atoms with van der Waals surface area (Å²) in [7, 11) is -3.44. The fraction of sp³-hybridized carbons (Fsp3) is 0.500. The zero-order chi connectivity index (χ0) is 13.1. The number of rotatable bonds is 6. The second-order valence-electron chi connectivity index (χ2n) is 3.63. The summed E-state index contributed by atoms with van der Waals surface area (Å²) in [5.74, 6) is -0.273. The second kappa shape index (κ2) is 5.95. The van der Waals surface area contributed by atoms with Crippen LogP contribution in [0.2, 0.25) is 0 Å². The normalized spacial score (nSPS) is 13.6. The van der Waals surface area contributed by atoms with Crippen molar-refractivity contribution in [3.05, 3.63) is 27.7 Å². The molecule has 1 unspecified atom stereocenters. The van der Waals surface area contributed by atoms with Crippen LogP contribution in [-0.4, -0.2) is 19.2 Å². The van der Waals surface area contributed by atoms with Crippen molar-refractivity contribution in [3.8, 4) is 0 Å². The molecule has 0 aliphatic carbocycles. The topological polar surface area (TPSA) is 59.1 Å². The Hall–Kier alpha value is -0.430. The molecule has 1 aromatic rings. The number of thiazole rings is 1. The lowest BCUT2D eigenvalue weighted by molar-refractivity contribution is 0.569. The Morgan fingerprint density at radius 2 is 2.35 bits per heavy atom. The summed E-state index contributed by atoms with van der Waals surface area (Å²) in [5.41, 5.74) is 0. The molecule has 0 aliphatic heterocycles. The highest BCUT2D eigenvalue weighted by Crippen LogP contribution is 2.21. The Morgan fingerprint density at radius 1 is 1.71 bits per heavy atom. The molecule has 1 heterocycles. The van der Waals surface area contributed by atoms with Gasteiger partial charge in [0.05, 0.1) is 11.8 Å². The Kier molecular flexibility index (Phi) is 5.12. The molecule has 17 heavy (non-hydrogen) atoms. The summed E-state index contributed by atoms with van der Waals surface area (Å²) in [4.78, 5) is 5.32. The van der Waals surface area contributed by atoms with Crippen LogP contribution in [0.25, 0.3) is 0 Å². The third-order valence-corrected chi connectivity index (χ3v) is 5.05. The average molecular weight is 295 g/mol. The number of hydrogen-bond donors (Lipinski definition) is 1. The van der Waals surface area contributed by atoms with Crippen LogP contribution in [0.3, 0.4) is 0 Å². The summed E-state index contributed by atoms with van der Waals surface area (Å²) in [6, 6.07) is -0.346. The van der Waals surface area contributed by atoms with Gasteiger partial charge in [0.15, 0.2) is 0 Å².